The van der Waals surface area contributed by atoms with Gasteiger partial charge in [0.2, 0.25) is 5.88 Å². The second-order valence-corrected chi connectivity index (χ2v) is 8.56. The summed E-state index contributed by atoms with van der Waals surface area (Å²) in [6.45, 7) is 3.67. The zero-order chi connectivity index (χ0) is 21.8. The van der Waals surface area contributed by atoms with E-state index in [0.717, 1.165) is 68.1 Å². The van der Waals surface area contributed by atoms with Crippen LogP contribution < -0.4 is 4.90 Å². The second kappa shape index (κ2) is 9.57. The van der Waals surface area contributed by atoms with Crippen molar-refractivity contribution in [1.29, 1.82) is 0 Å². The van der Waals surface area contributed by atoms with Gasteiger partial charge >= 0.3 is 0 Å². The molecule has 32 heavy (non-hydrogen) atoms. The number of hydrogen-bond donors (Lipinski definition) is 0. The predicted molar refractivity (Wildman–Crippen MR) is 124 cm³/mol. The Bertz CT molecular complexity index is 1020. The highest BCUT2D eigenvalue weighted by molar-refractivity contribution is 5.94. The summed E-state index contributed by atoms with van der Waals surface area (Å²) >= 11 is 0. The number of hydrogen-bond acceptors (Lipinski definition) is 5. The van der Waals surface area contributed by atoms with E-state index < -0.39 is 0 Å². The van der Waals surface area contributed by atoms with Crippen molar-refractivity contribution in [3.05, 3.63) is 71.8 Å². The fourth-order valence-electron chi connectivity index (χ4n) is 4.64. The molecule has 2 aromatic carbocycles. The van der Waals surface area contributed by atoms with Crippen LogP contribution in [0.5, 0.6) is 0 Å². The van der Waals surface area contributed by atoms with Crippen LogP contribution >= 0.6 is 0 Å². The molecule has 1 atom stereocenters. The van der Waals surface area contributed by atoms with Crippen LogP contribution in [-0.4, -0.2) is 48.3 Å². The molecule has 0 aliphatic carbocycles. The van der Waals surface area contributed by atoms with Crippen LogP contribution in [0.3, 0.4) is 0 Å². The Morgan fingerprint density at radius 2 is 1.72 bits per heavy atom. The fourth-order valence-corrected chi connectivity index (χ4v) is 4.64. The first-order valence-corrected chi connectivity index (χ1v) is 11.5. The normalized spacial score (nSPS) is 18.2. The van der Waals surface area contributed by atoms with Gasteiger partial charge in [0.1, 0.15) is 5.69 Å². The van der Waals surface area contributed by atoms with Gasteiger partial charge in [-0.05, 0) is 37.8 Å². The lowest BCUT2D eigenvalue weighted by atomic mass is 10.1. The van der Waals surface area contributed by atoms with Crippen molar-refractivity contribution < 1.29 is 14.1 Å². The first kappa shape index (κ1) is 20.8. The Balaban J connectivity index is 1.51. The van der Waals surface area contributed by atoms with E-state index in [1.165, 1.54) is 0 Å². The first-order valence-electron chi connectivity index (χ1n) is 11.5. The minimum atomic E-state index is 0.00804. The molecule has 0 N–H and O–H groups in total. The molecule has 3 heterocycles. The van der Waals surface area contributed by atoms with Gasteiger partial charge in [0.15, 0.2) is 0 Å². The lowest BCUT2D eigenvalue weighted by molar-refractivity contribution is 0.0507. The van der Waals surface area contributed by atoms with Crippen molar-refractivity contribution in [1.82, 2.24) is 10.1 Å². The molecule has 2 saturated heterocycles. The molecular weight excluding hydrogens is 402 g/mol. The number of anilines is 1. The highest BCUT2D eigenvalue weighted by Crippen LogP contribution is 2.34. The van der Waals surface area contributed by atoms with Crippen LogP contribution in [0.4, 0.5) is 5.88 Å². The molecule has 6 heteroatoms. The molecule has 5 rings (SSSR count). The van der Waals surface area contributed by atoms with Crippen LogP contribution in [0.25, 0.3) is 11.3 Å². The number of carbonyl (C=O) groups is 1. The highest BCUT2D eigenvalue weighted by atomic mass is 16.5. The lowest BCUT2D eigenvalue weighted by Gasteiger charge is -2.26. The SMILES string of the molecule is O=C(c1ccccc1)N(Cc1c(-c2ccccc2)noc1N1CCCC1)CC1CCCO1. The quantitative estimate of drug-likeness (QED) is 0.540. The molecule has 0 saturated carbocycles. The Kier molecular flexibility index (Phi) is 6.21. The Morgan fingerprint density at radius 3 is 2.41 bits per heavy atom. The number of benzene rings is 2. The third-order valence-electron chi connectivity index (χ3n) is 6.31. The monoisotopic (exact) mass is 431 g/mol. The topological polar surface area (TPSA) is 58.8 Å². The van der Waals surface area contributed by atoms with E-state index in [9.17, 15) is 4.79 Å². The largest absolute Gasteiger partial charge is 0.376 e. The summed E-state index contributed by atoms with van der Waals surface area (Å²) in [7, 11) is 0. The van der Waals surface area contributed by atoms with Crippen LogP contribution in [0.2, 0.25) is 0 Å². The molecule has 2 aliphatic heterocycles. The number of rotatable bonds is 7. The van der Waals surface area contributed by atoms with Gasteiger partial charge in [0.05, 0.1) is 18.2 Å². The van der Waals surface area contributed by atoms with Gasteiger partial charge in [-0.2, -0.15) is 0 Å². The third kappa shape index (κ3) is 4.41. The molecule has 0 bridgehead atoms. The van der Waals surface area contributed by atoms with E-state index in [1.807, 2.05) is 65.6 Å². The van der Waals surface area contributed by atoms with E-state index in [0.29, 0.717) is 18.7 Å². The predicted octanol–water partition coefficient (Wildman–Crippen LogP) is 4.76. The lowest BCUT2D eigenvalue weighted by Crippen LogP contribution is -2.37. The number of nitrogens with zero attached hydrogens (tertiary/aromatic N) is 3. The molecule has 1 aromatic heterocycles. The Labute approximate surface area is 188 Å². The van der Waals surface area contributed by atoms with Crippen LogP contribution in [-0.2, 0) is 11.3 Å². The maximum Gasteiger partial charge on any atom is 0.254 e. The second-order valence-electron chi connectivity index (χ2n) is 8.56. The van der Waals surface area contributed by atoms with Gasteiger partial charge in [-0.15, -0.1) is 0 Å². The van der Waals surface area contributed by atoms with E-state index in [-0.39, 0.29) is 12.0 Å². The first-order chi connectivity index (χ1) is 15.8. The molecule has 2 aliphatic rings. The van der Waals surface area contributed by atoms with Crippen molar-refractivity contribution in [2.45, 2.75) is 38.3 Å². The minimum absolute atomic E-state index is 0.00804. The summed E-state index contributed by atoms with van der Waals surface area (Å²) in [6.07, 6.45) is 4.37. The average Bonchev–Trinajstić information content (AvgIpc) is 3.61. The van der Waals surface area contributed by atoms with Crippen molar-refractivity contribution in [3.8, 4) is 11.3 Å². The molecular formula is C26H29N3O3. The standard InChI is InChI=1S/C26H29N3O3/c30-25(21-12-5-2-6-13-21)29(18-22-14-9-17-31-22)19-23-24(20-10-3-1-4-11-20)27-32-26(23)28-15-7-8-16-28/h1-6,10-13,22H,7-9,14-19H2. The number of amides is 1. The summed E-state index contributed by atoms with van der Waals surface area (Å²) in [5.41, 5.74) is 3.47. The van der Waals surface area contributed by atoms with Crippen molar-refractivity contribution in [2.24, 2.45) is 0 Å². The molecule has 3 aromatic rings. The molecule has 0 radical (unpaired) electrons. The van der Waals surface area contributed by atoms with Gasteiger partial charge in [-0.1, -0.05) is 53.7 Å². The Morgan fingerprint density at radius 1 is 1.00 bits per heavy atom. The molecule has 6 nitrogen and oxygen atoms in total. The number of ether oxygens (including phenoxy) is 1. The zero-order valence-corrected chi connectivity index (χ0v) is 18.3. The molecule has 0 spiro atoms. The Hall–Kier alpha value is -3.12. The summed E-state index contributed by atoms with van der Waals surface area (Å²) in [5.74, 6) is 0.799. The van der Waals surface area contributed by atoms with Crippen LogP contribution in [0.1, 0.15) is 41.6 Å². The van der Waals surface area contributed by atoms with Gasteiger partial charge in [-0.3, -0.25) is 4.79 Å². The van der Waals surface area contributed by atoms with E-state index in [1.54, 1.807) is 0 Å². The van der Waals surface area contributed by atoms with Crippen molar-refractivity contribution >= 4 is 11.8 Å². The summed E-state index contributed by atoms with van der Waals surface area (Å²) in [4.78, 5) is 17.7. The van der Waals surface area contributed by atoms with E-state index in [2.05, 4.69) is 10.1 Å². The number of carbonyl (C=O) groups excluding carboxylic acids is 1. The smallest absolute Gasteiger partial charge is 0.254 e. The summed E-state index contributed by atoms with van der Waals surface area (Å²) in [5, 5.41) is 4.46. The van der Waals surface area contributed by atoms with E-state index in [4.69, 9.17) is 9.26 Å². The maximum atomic E-state index is 13.5. The third-order valence-corrected chi connectivity index (χ3v) is 6.31. The van der Waals surface area contributed by atoms with Gasteiger partial charge in [0.25, 0.3) is 5.91 Å². The molecule has 1 unspecified atom stereocenters. The molecule has 2 fully saturated rings. The molecule has 1 amide bonds. The van der Waals surface area contributed by atoms with Crippen molar-refractivity contribution in [3.63, 3.8) is 0 Å². The number of aromatic nitrogens is 1. The zero-order valence-electron chi connectivity index (χ0n) is 18.3. The fraction of sp³-hybridized carbons (Fsp3) is 0.385. The van der Waals surface area contributed by atoms with Gasteiger partial charge in [-0.25, -0.2) is 0 Å². The van der Waals surface area contributed by atoms with Crippen molar-refractivity contribution in [2.75, 3.05) is 31.1 Å². The highest BCUT2D eigenvalue weighted by Gasteiger charge is 2.30. The average molecular weight is 432 g/mol. The van der Waals surface area contributed by atoms with E-state index >= 15 is 0 Å². The van der Waals surface area contributed by atoms with Crippen LogP contribution in [0.15, 0.2) is 65.2 Å². The minimum Gasteiger partial charge on any atom is -0.376 e. The van der Waals surface area contributed by atoms with Gasteiger partial charge in [0, 0.05) is 37.4 Å². The summed E-state index contributed by atoms with van der Waals surface area (Å²) < 4.78 is 11.8. The van der Waals surface area contributed by atoms with Crippen LogP contribution in [0, 0.1) is 0 Å². The maximum absolute atomic E-state index is 13.5. The molecule has 166 valence electrons. The van der Waals surface area contributed by atoms with Gasteiger partial charge < -0.3 is 19.1 Å². The summed E-state index contributed by atoms with van der Waals surface area (Å²) in [6, 6.07) is 19.6.